The Balaban J connectivity index is 0.000000465. The Morgan fingerprint density at radius 1 is 1.00 bits per heavy atom. The van der Waals surface area contributed by atoms with Crippen molar-refractivity contribution in [1.29, 1.82) is 0 Å². The molecule has 3 heterocycles. The Morgan fingerprint density at radius 2 is 1.52 bits per heavy atom. The minimum absolute atomic E-state index is 0.0241. The van der Waals surface area contributed by atoms with E-state index >= 15 is 0 Å². The quantitative estimate of drug-likeness (QED) is 0.350. The summed E-state index contributed by atoms with van der Waals surface area (Å²) in [7, 11) is -1.02. The highest BCUT2D eigenvalue weighted by Gasteiger charge is 2.22. The second kappa shape index (κ2) is 7.59. The highest BCUT2D eigenvalue weighted by Crippen LogP contribution is 2.20. The molecule has 10 heteroatoms. The van der Waals surface area contributed by atoms with Gasteiger partial charge in [0.2, 0.25) is 0 Å². The third-order valence-electron chi connectivity index (χ3n) is 3.82. The highest BCUT2D eigenvalue weighted by molar-refractivity contribution is 5.98. The molecule has 3 aromatic rings. The van der Waals surface area contributed by atoms with Crippen LogP contribution in [-0.4, -0.2) is 30.1 Å². The molecule has 0 bridgehead atoms. The van der Waals surface area contributed by atoms with E-state index in [9.17, 15) is 9.59 Å². The van der Waals surface area contributed by atoms with Crippen molar-refractivity contribution in [2.24, 2.45) is 0 Å². The van der Waals surface area contributed by atoms with Crippen molar-refractivity contribution in [1.82, 2.24) is 4.40 Å². The van der Waals surface area contributed by atoms with E-state index in [1.807, 2.05) is 64.5 Å². The van der Waals surface area contributed by atoms with Gasteiger partial charge >= 0.3 is 5.95 Å². The summed E-state index contributed by atoms with van der Waals surface area (Å²) in [5.41, 5.74) is 3.12. The van der Waals surface area contributed by atoms with E-state index in [2.05, 4.69) is 0 Å². The molecule has 0 saturated heterocycles. The predicted octanol–water partition coefficient (Wildman–Crippen LogP) is -2.61. The summed E-state index contributed by atoms with van der Waals surface area (Å²) in [5.74, 6) is 1.00. The lowest BCUT2D eigenvalue weighted by atomic mass is 10.1. The smallest absolute Gasteiger partial charge is 0.295 e. The number of aromatic nitrogens is 2. The number of fused-ring (bicyclic) bond motifs is 3. The maximum Gasteiger partial charge on any atom is 0.369 e. The van der Waals surface area contributed by atoms with Crippen LogP contribution in [0.2, 0.25) is 0 Å². The van der Waals surface area contributed by atoms with Crippen molar-refractivity contribution in [3.63, 3.8) is 0 Å². The lowest BCUT2D eigenvalue weighted by molar-refractivity contribution is -2.00. The first-order chi connectivity index (χ1) is 12.4. The molecule has 0 N–H and O–H groups in total. The molecule has 0 radical (unpaired) electrons. The summed E-state index contributed by atoms with van der Waals surface area (Å²) in [4.78, 5) is 25.3. The van der Waals surface area contributed by atoms with Crippen molar-refractivity contribution in [3.8, 4) is 0 Å². The largest absolute Gasteiger partial charge is 0.369 e. The van der Waals surface area contributed by atoms with Crippen LogP contribution in [0, 0.1) is 10.2 Å². The zero-order valence-electron chi connectivity index (χ0n) is 15.1. The summed E-state index contributed by atoms with van der Waals surface area (Å²) in [6.45, 7) is 3.11. The predicted molar refractivity (Wildman–Crippen MR) is 84.9 cm³/mol. The van der Waals surface area contributed by atoms with E-state index in [0.717, 1.165) is 17.0 Å². The molecule has 144 valence electrons. The van der Waals surface area contributed by atoms with Gasteiger partial charge in [0.25, 0.3) is 0 Å². The number of carbonyl (C=O) groups excluding carboxylic acids is 2. The summed E-state index contributed by atoms with van der Waals surface area (Å²) in [6, 6.07) is 7.37. The Labute approximate surface area is 157 Å². The van der Waals surface area contributed by atoms with Crippen LogP contribution < -0.4 is 27.9 Å². The average molecular weight is 396 g/mol. The molecule has 0 unspecified atom stereocenters. The molecule has 0 amide bonds. The summed E-state index contributed by atoms with van der Waals surface area (Å²) in [6.07, 6.45) is 3.78. The summed E-state index contributed by atoms with van der Waals surface area (Å²) < 4.78 is 38.0. The second-order valence-corrected chi connectivity index (χ2v) is 6.78. The molecule has 3 rings (SSSR count). The minimum atomic E-state index is -4.94. The van der Waals surface area contributed by atoms with Crippen LogP contribution in [0.3, 0.4) is 0 Å². The molecule has 0 spiro atoms. The number of halogens is 1. The van der Waals surface area contributed by atoms with E-state index in [4.69, 9.17) is 18.6 Å². The average Bonchev–Trinajstić information content (AvgIpc) is 2.86. The number of hydrogen-bond acceptors (Lipinski definition) is 7. The SMILES string of the molecule is CC(=O)c1ccn2c(N(C)C)[n+]3ccc(C(C)=O)cc3c2c1.[O-][Cl+3]([O-])([O-])[O-]. The monoisotopic (exact) mass is 395 g/mol. The molecule has 0 aromatic carbocycles. The first-order valence-corrected chi connectivity index (χ1v) is 8.94. The van der Waals surface area contributed by atoms with E-state index in [0.29, 0.717) is 11.1 Å². The fourth-order valence-corrected chi connectivity index (χ4v) is 2.73. The van der Waals surface area contributed by atoms with Gasteiger partial charge in [0, 0.05) is 11.1 Å². The van der Waals surface area contributed by atoms with Crippen molar-refractivity contribution in [3.05, 3.63) is 47.8 Å². The van der Waals surface area contributed by atoms with Gasteiger partial charge in [-0.1, -0.05) is 0 Å². The standard InChI is InChI=1S/C17H18N3O2.ClHO4/c1-11(21)13-5-7-19-15(9-13)16-10-14(12(2)22)6-8-20(16)17(19)18(3)4;2-1(3,4)5/h5-10H,1-4H3;(H,2,3,4,5)/q+1;/p-1. The number of ketones is 2. The Bertz CT molecular complexity index is 946. The third-order valence-corrected chi connectivity index (χ3v) is 3.82. The lowest BCUT2D eigenvalue weighted by Gasteiger charge is -2.17. The number of carbonyl (C=O) groups is 2. The molecule has 0 atom stereocenters. The van der Waals surface area contributed by atoms with Crippen LogP contribution in [0.4, 0.5) is 5.95 Å². The maximum absolute atomic E-state index is 11.7. The number of imidazole rings is 1. The number of Topliss-reactive ketones (excluding diaryl/α,β-unsaturated/α-hetero) is 2. The molecule has 0 saturated carbocycles. The van der Waals surface area contributed by atoms with Gasteiger partial charge in [0.1, 0.15) is 11.0 Å². The Morgan fingerprint density at radius 3 is 2.00 bits per heavy atom. The molecular formula is C17H18ClN3O6. The van der Waals surface area contributed by atoms with Gasteiger partial charge in [-0.3, -0.25) is 14.5 Å². The zero-order chi connectivity index (χ0) is 20.5. The van der Waals surface area contributed by atoms with Gasteiger partial charge in [-0.25, -0.2) is 27.4 Å². The Hall–Kier alpha value is -2.56. The van der Waals surface area contributed by atoms with Gasteiger partial charge in [-0.05, 0) is 38.1 Å². The van der Waals surface area contributed by atoms with Gasteiger partial charge in [-0.2, -0.15) is 0 Å². The van der Waals surface area contributed by atoms with Crippen LogP contribution in [0.15, 0.2) is 36.7 Å². The normalized spacial score (nSPS) is 11.3. The molecular weight excluding hydrogens is 378 g/mol. The van der Waals surface area contributed by atoms with Crippen LogP contribution >= 0.6 is 0 Å². The number of rotatable bonds is 3. The molecule has 0 fully saturated rings. The number of anilines is 1. The summed E-state index contributed by atoms with van der Waals surface area (Å²) in [5, 5.41) is 0. The molecule has 3 aromatic heterocycles. The van der Waals surface area contributed by atoms with Crippen LogP contribution in [0.5, 0.6) is 0 Å². The first-order valence-electron chi connectivity index (χ1n) is 7.70. The topological polar surface area (TPSA) is 138 Å². The number of nitrogens with zero attached hydrogens (tertiary/aromatic N) is 3. The minimum Gasteiger partial charge on any atom is -0.295 e. The van der Waals surface area contributed by atoms with Crippen molar-refractivity contribution >= 4 is 28.5 Å². The highest BCUT2D eigenvalue weighted by atomic mass is 35.7. The van der Waals surface area contributed by atoms with Crippen LogP contribution in [0.25, 0.3) is 11.0 Å². The molecule has 9 nitrogen and oxygen atoms in total. The number of hydrogen-bond donors (Lipinski definition) is 0. The van der Waals surface area contributed by atoms with E-state index in [1.54, 1.807) is 13.8 Å². The number of pyridine rings is 2. The van der Waals surface area contributed by atoms with Gasteiger partial charge < -0.3 is 0 Å². The van der Waals surface area contributed by atoms with Crippen molar-refractivity contribution in [2.75, 3.05) is 19.0 Å². The Kier molecular flexibility index (Phi) is 5.83. The van der Waals surface area contributed by atoms with Crippen LogP contribution in [0.1, 0.15) is 34.6 Å². The molecule has 0 aliphatic carbocycles. The van der Waals surface area contributed by atoms with Gasteiger partial charge in [-0.15, -0.1) is 10.2 Å². The lowest BCUT2D eigenvalue weighted by Crippen LogP contribution is -2.68. The molecule has 27 heavy (non-hydrogen) atoms. The third kappa shape index (κ3) is 4.79. The molecule has 0 aliphatic rings. The van der Waals surface area contributed by atoms with Crippen molar-refractivity contribution in [2.45, 2.75) is 13.8 Å². The van der Waals surface area contributed by atoms with Crippen LogP contribution in [-0.2, 0) is 0 Å². The zero-order valence-corrected chi connectivity index (χ0v) is 15.9. The van der Waals surface area contributed by atoms with E-state index < -0.39 is 10.2 Å². The van der Waals surface area contributed by atoms with E-state index in [1.165, 1.54) is 0 Å². The fraction of sp³-hybridized carbons (Fsp3) is 0.235. The van der Waals surface area contributed by atoms with Gasteiger partial charge in [0.15, 0.2) is 11.6 Å². The van der Waals surface area contributed by atoms with Crippen molar-refractivity contribution < 1.29 is 42.9 Å². The first kappa shape index (κ1) is 20.7. The maximum atomic E-state index is 11.7. The fourth-order valence-electron chi connectivity index (χ4n) is 2.73. The van der Waals surface area contributed by atoms with E-state index in [-0.39, 0.29) is 11.6 Å². The van der Waals surface area contributed by atoms with Gasteiger partial charge in [0.05, 0.1) is 26.5 Å². The summed E-state index contributed by atoms with van der Waals surface area (Å²) >= 11 is 0. The second-order valence-electron chi connectivity index (χ2n) is 6.03. The molecule has 0 aliphatic heterocycles.